The summed E-state index contributed by atoms with van der Waals surface area (Å²) in [5, 5.41) is 1.88. The molecular weight excluding hydrogens is 346 g/mol. The van der Waals surface area contributed by atoms with Gasteiger partial charge in [-0.05, 0) is 34.5 Å². The molecule has 0 bridgehead atoms. The molecule has 0 spiro atoms. The highest BCUT2D eigenvalue weighted by atomic mass is 32.2. The first kappa shape index (κ1) is 18.1. The van der Waals surface area contributed by atoms with E-state index in [2.05, 4.69) is 5.32 Å². The SMILES string of the molecule is CC(C)(C)C(=O)c1ccccc1-c1ccc(/C=C2\SC(=O)NC2=O)cc1. The smallest absolute Gasteiger partial charge is 0.290 e. The normalized spacial score (nSPS) is 16.0. The molecule has 26 heavy (non-hydrogen) atoms. The van der Waals surface area contributed by atoms with Crippen molar-refractivity contribution in [2.45, 2.75) is 20.8 Å². The molecule has 0 unspecified atom stereocenters. The van der Waals surface area contributed by atoms with Gasteiger partial charge in [0.05, 0.1) is 4.91 Å². The summed E-state index contributed by atoms with van der Waals surface area (Å²) in [6.45, 7) is 5.73. The minimum Gasteiger partial charge on any atom is -0.294 e. The Kier molecular flexibility index (Phi) is 4.83. The summed E-state index contributed by atoms with van der Waals surface area (Å²) in [7, 11) is 0. The number of nitrogens with one attached hydrogen (secondary N) is 1. The predicted molar refractivity (Wildman–Crippen MR) is 105 cm³/mol. The van der Waals surface area contributed by atoms with Crippen LogP contribution in [0.3, 0.4) is 0 Å². The average Bonchev–Trinajstić information content (AvgIpc) is 2.91. The molecule has 1 saturated heterocycles. The van der Waals surface area contributed by atoms with Gasteiger partial charge in [-0.25, -0.2) is 0 Å². The zero-order valence-electron chi connectivity index (χ0n) is 14.8. The van der Waals surface area contributed by atoms with Gasteiger partial charge in [0.15, 0.2) is 5.78 Å². The van der Waals surface area contributed by atoms with E-state index in [1.165, 1.54) is 0 Å². The Balaban J connectivity index is 1.93. The van der Waals surface area contributed by atoms with E-state index in [0.717, 1.165) is 28.5 Å². The lowest BCUT2D eigenvalue weighted by Crippen LogP contribution is -2.20. The molecule has 0 saturated carbocycles. The molecule has 132 valence electrons. The van der Waals surface area contributed by atoms with E-state index in [0.29, 0.717) is 10.5 Å². The summed E-state index contributed by atoms with van der Waals surface area (Å²) < 4.78 is 0. The van der Waals surface area contributed by atoms with E-state index in [4.69, 9.17) is 0 Å². The van der Waals surface area contributed by atoms with Crippen LogP contribution in [-0.4, -0.2) is 16.9 Å². The van der Waals surface area contributed by atoms with Crippen LogP contribution in [0.1, 0.15) is 36.7 Å². The lowest BCUT2D eigenvalue weighted by molar-refractivity contribution is -0.115. The molecule has 5 heteroatoms. The number of ketones is 1. The summed E-state index contributed by atoms with van der Waals surface area (Å²) in [4.78, 5) is 36.0. The molecule has 4 nitrogen and oxygen atoms in total. The highest BCUT2D eigenvalue weighted by molar-refractivity contribution is 8.18. The predicted octanol–water partition coefficient (Wildman–Crippen LogP) is 4.91. The summed E-state index contributed by atoms with van der Waals surface area (Å²) >= 11 is 0.895. The highest BCUT2D eigenvalue weighted by Gasteiger charge is 2.26. The molecule has 3 rings (SSSR count). The van der Waals surface area contributed by atoms with Crippen LogP contribution in [0, 0.1) is 5.41 Å². The highest BCUT2D eigenvalue weighted by Crippen LogP contribution is 2.31. The van der Waals surface area contributed by atoms with Crippen LogP contribution < -0.4 is 5.32 Å². The van der Waals surface area contributed by atoms with Crippen LogP contribution in [0.4, 0.5) is 4.79 Å². The van der Waals surface area contributed by atoms with Crippen LogP contribution in [-0.2, 0) is 4.79 Å². The number of imide groups is 1. The first-order valence-corrected chi connectivity index (χ1v) is 9.06. The zero-order chi connectivity index (χ0) is 18.9. The van der Waals surface area contributed by atoms with E-state index >= 15 is 0 Å². The Bertz CT molecular complexity index is 921. The van der Waals surface area contributed by atoms with Crippen molar-refractivity contribution in [3.05, 3.63) is 64.6 Å². The second-order valence-corrected chi connectivity index (χ2v) is 8.11. The number of carbonyl (C=O) groups excluding carboxylic acids is 3. The van der Waals surface area contributed by atoms with Gasteiger partial charge in [-0.1, -0.05) is 69.3 Å². The topological polar surface area (TPSA) is 63.2 Å². The van der Waals surface area contributed by atoms with Gasteiger partial charge in [-0.2, -0.15) is 0 Å². The molecule has 1 N–H and O–H groups in total. The maximum Gasteiger partial charge on any atom is 0.290 e. The van der Waals surface area contributed by atoms with Gasteiger partial charge in [0.25, 0.3) is 11.1 Å². The number of Topliss-reactive ketones (excluding diaryl/α,β-unsaturated/α-hetero) is 1. The maximum atomic E-state index is 12.7. The summed E-state index contributed by atoms with van der Waals surface area (Å²) in [5.41, 5.74) is 2.87. The molecule has 1 aliphatic rings. The fourth-order valence-corrected chi connectivity index (χ4v) is 3.35. The Morgan fingerprint density at radius 2 is 1.65 bits per heavy atom. The Hall–Kier alpha value is -2.66. The molecule has 0 aliphatic carbocycles. The molecule has 2 aromatic rings. The molecule has 0 radical (unpaired) electrons. The number of rotatable bonds is 3. The minimum atomic E-state index is -0.458. The van der Waals surface area contributed by atoms with Crippen molar-refractivity contribution in [2.24, 2.45) is 5.41 Å². The van der Waals surface area contributed by atoms with E-state index in [1.54, 1.807) is 6.08 Å². The van der Waals surface area contributed by atoms with Crippen LogP contribution >= 0.6 is 11.8 Å². The Labute approximate surface area is 156 Å². The van der Waals surface area contributed by atoms with Gasteiger partial charge in [-0.15, -0.1) is 0 Å². The fraction of sp³-hybridized carbons (Fsp3) is 0.190. The Morgan fingerprint density at radius 3 is 2.23 bits per heavy atom. The Morgan fingerprint density at radius 1 is 1.00 bits per heavy atom. The van der Waals surface area contributed by atoms with Crippen molar-refractivity contribution in [2.75, 3.05) is 0 Å². The third kappa shape index (κ3) is 3.78. The van der Waals surface area contributed by atoms with E-state index in [9.17, 15) is 14.4 Å². The quantitative estimate of drug-likeness (QED) is 0.620. The molecule has 1 aliphatic heterocycles. The minimum absolute atomic E-state index is 0.0943. The number of benzene rings is 2. The van der Waals surface area contributed by atoms with Gasteiger partial charge in [0.1, 0.15) is 0 Å². The van der Waals surface area contributed by atoms with Crippen molar-refractivity contribution in [1.29, 1.82) is 0 Å². The summed E-state index contributed by atoms with van der Waals surface area (Å²) in [6.07, 6.45) is 1.68. The van der Waals surface area contributed by atoms with Crippen LogP contribution in [0.5, 0.6) is 0 Å². The third-order valence-corrected chi connectivity index (χ3v) is 4.82. The maximum absolute atomic E-state index is 12.7. The zero-order valence-corrected chi connectivity index (χ0v) is 15.6. The van der Waals surface area contributed by atoms with E-state index < -0.39 is 5.41 Å². The number of thioether (sulfide) groups is 1. The molecular formula is C21H19NO3S. The molecule has 1 fully saturated rings. The standard InChI is InChI=1S/C21H19NO3S/c1-21(2,3)18(23)16-7-5-4-6-15(16)14-10-8-13(9-11-14)12-17-19(24)22-20(25)26-17/h4-12H,1-3H3,(H,22,24,25)/b17-12-. The fourth-order valence-electron chi connectivity index (χ4n) is 2.67. The number of amides is 2. The molecule has 0 aromatic heterocycles. The van der Waals surface area contributed by atoms with Gasteiger partial charge in [0.2, 0.25) is 0 Å². The van der Waals surface area contributed by atoms with Crippen LogP contribution in [0.15, 0.2) is 53.4 Å². The number of hydrogen-bond donors (Lipinski definition) is 1. The van der Waals surface area contributed by atoms with Crippen LogP contribution in [0.25, 0.3) is 17.2 Å². The van der Waals surface area contributed by atoms with E-state index in [-0.39, 0.29) is 16.9 Å². The van der Waals surface area contributed by atoms with Crippen molar-refractivity contribution in [3.8, 4) is 11.1 Å². The summed E-state index contributed by atoms with van der Waals surface area (Å²) in [5.74, 6) is -0.276. The van der Waals surface area contributed by atoms with Crippen LogP contribution in [0.2, 0.25) is 0 Å². The number of hydrogen-bond acceptors (Lipinski definition) is 4. The average molecular weight is 365 g/mol. The van der Waals surface area contributed by atoms with Crippen molar-refractivity contribution in [3.63, 3.8) is 0 Å². The third-order valence-electron chi connectivity index (χ3n) is 4.01. The lowest BCUT2D eigenvalue weighted by atomic mass is 9.83. The molecule has 2 amide bonds. The monoisotopic (exact) mass is 365 g/mol. The van der Waals surface area contributed by atoms with Gasteiger partial charge in [0, 0.05) is 11.0 Å². The lowest BCUT2D eigenvalue weighted by Gasteiger charge is -2.19. The molecule has 1 heterocycles. The second kappa shape index (κ2) is 6.92. The molecule has 0 atom stereocenters. The van der Waals surface area contributed by atoms with Gasteiger partial charge < -0.3 is 0 Å². The van der Waals surface area contributed by atoms with E-state index in [1.807, 2.05) is 69.3 Å². The number of carbonyl (C=O) groups is 3. The van der Waals surface area contributed by atoms with Crippen molar-refractivity contribution < 1.29 is 14.4 Å². The second-order valence-electron chi connectivity index (χ2n) is 7.10. The van der Waals surface area contributed by atoms with Gasteiger partial charge >= 0.3 is 0 Å². The first-order valence-electron chi connectivity index (χ1n) is 8.25. The van der Waals surface area contributed by atoms with Crippen molar-refractivity contribution >= 4 is 34.8 Å². The largest absolute Gasteiger partial charge is 0.294 e. The van der Waals surface area contributed by atoms with Crippen molar-refractivity contribution in [1.82, 2.24) is 5.32 Å². The first-order chi connectivity index (χ1) is 12.3. The summed E-state index contributed by atoms with van der Waals surface area (Å²) in [6, 6.07) is 15.1. The molecule has 2 aromatic carbocycles. The van der Waals surface area contributed by atoms with Gasteiger partial charge in [-0.3, -0.25) is 19.7 Å².